The fourth-order valence-electron chi connectivity index (χ4n) is 2.77. The first kappa shape index (κ1) is 15.3. The Morgan fingerprint density at radius 2 is 2.05 bits per heavy atom. The zero-order chi connectivity index (χ0) is 15.5. The van der Waals surface area contributed by atoms with E-state index in [1.165, 1.54) is 0 Å². The zero-order valence-electron chi connectivity index (χ0n) is 12.3. The third-order valence-corrected chi connectivity index (χ3v) is 4.50. The van der Waals surface area contributed by atoms with Gasteiger partial charge in [-0.1, -0.05) is 23.2 Å². The van der Waals surface area contributed by atoms with E-state index in [1.54, 1.807) is 18.5 Å². The second kappa shape index (κ2) is 6.67. The van der Waals surface area contributed by atoms with Gasteiger partial charge in [-0.25, -0.2) is 4.98 Å². The topological polar surface area (TPSA) is 45.2 Å². The molecule has 0 amide bonds. The number of hydrogen-bond donors (Lipinski definition) is 0. The van der Waals surface area contributed by atoms with Gasteiger partial charge in [0.1, 0.15) is 5.82 Å². The Balaban J connectivity index is 1.65. The predicted octanol–water partition coefficient (Wildman–Crippen LogP) is 3.28. The maximum Gasteiger partial charge on any atom is 0.151 e. The highest BCUT2D eigenvalue weighted by Crippen LogP contribution is 2.29. The van der Waals surface area contributed by atoms with E-state index in [9.17, 15) is 0 Å². The Kier molecular flexibility index (Phi) is 4.64. The second-order valence-electron chi connectivity index (χ2n) is 5.37. The molecule has 0 aromatic carbocycles. The molecule has 3 rings (SSSR count). The maximum atomic E-state index is 6.24. The predicted molar refractivity (Wildman–Crippen MR) is 89.9 cm³/mol. The second-order valence-corrected chi connectivity index (χ2v) is 6.21. The third-order valence-electron chi connectivity index (χ3n) is 4.02. The Hall–Kier alpha value is -1.59. The summed E-state index contributed by atoms with van der Waals surface area (Å²) in [6.45, 7) is 1.81. The summed E-state index contributed by atoms with van der Waals surface area (Å²) in [6, 6.07) is 6.07. The SMILES string of the molecule is CN(c1cccnn1)C1CCN(c2ncc(Cl)cc2Cl)CC1. The van der Waals surface area contributed by atoms with E-state index < -0.39 is 0 Å². The lowest BCUT2D eigenvalue weighted by molar-refractivity contribution is 0.477. The molecule has 1 fully saturated rings. The molecule has 0 bridgehead atoms. The molecule has 2 aromatic heterocycles. The highest BCUT2D eigenvalue weighted by molar-refractivity contribution is 6.36. The summed E-state index contributed by atoms with van der Waals surface area (Å²) in [7, 11) is 2.07. The van der Waals surface area contributed by atoms with E-state index >= 15 is 0 Å². The molecule has 0 N–H and O–H groups in total. The van der Waals surface area contributed by atoms with Crippen LogP contribution in [0.1, 0.15) is 12.8 Å². The van der Waals surface area contributed by atoms with Gasteiger partial charge in [-0.2, -0.15) is 5.10 Å². The van der Waals surface area contributed by atoms with Crippen molar-refractivity contribution in [3.05, 3.63) is 40.6 Å². The van der Waals surface area contributed by atoms with Gasteiger partial charge in [-0.05, 0) is 31.0 Å². The summed E-state index contributed by atoms with van der Waals surface area (Å²) in [6.07, 6.45) is 5.37. The quantitative estimate of drug-likeness (QED) is 0.859. The molecular formula is C15H17Cl2N5. The first-order valence-corrected chi connectivity index (χ1v) is 7.97. The van der Waals surface area contributed by atoms with Crippen LogP contribution in [0.5, 0.6) is 0 Å². The van der Waals surface area contributed by atoms with Crippen molar-refractivity contribution < 1.29 is 0 Å². The molecule has 1 aliphatic rings. The summed E-state index contributed by atoms with van der Waals surface area (Å²) in [5.74, 6) is 1.72. The first-order chi connectivity index (χ1) is 10.6. The molecule has 0 atom stereocenters. The highest BCUT2D eigenvalue weighted by Gasteiger charge is 2.25. The summed E-state index contributed by atoms with van der Waals surface area (Å²) in [5, 5.41) is 9.28. The standard InChI is InChI=1S/C15H17Cl2N5/c1-21(14-3-2-6-19-20-14)12-4-7-22(8-5-12)15-13(17)9-11(16)10-18-15/h2-3,6,9-10,12H,4-5,7-8H2,1H3. The van der Waals surface area contributed by atoms with Crippen molar-refractivity contribution in [2.45, 2.75) is 18.9 Å². The number of piperidine rings is 1. The van der Waals surface area contributed by atoms with Crippen LogP contribution in [0.15, 0.2) is 30.6 Å². The fraction of sp³-hybridized carbons (Fsp3) is 0.400. The normalized spacial score (nSPS) is 15.9. The molecule has 0 unspecified atom stereocenters. The van der Waals surface area contributed by atoms with Crippen molar-refractivity contribution in [2.75, 3.05) is 29.9 Å². The van der Waals surface area contributed by atoms with Crippen molar-refractivity contribution in [2.24, 2.45) is 0 Å². The molecule has 1 aliphatic heterocycles. The molecule has 116 valence electrons. The van der Waals surface area contributed by atoms with Crippen LogP contribution in [0.2, 0.25) is 10.0 Å². The lowest BCUT2D eigenvalue weighted by atomic mass is 10.0. The first-order valence-electron chi connectivity index (χ1n) is 7.21. The van der Waals surface area contributed by atoms with Crippen LogP contribution >= 0.6 is 23.2 Å². The Morgan fingerprint density at radius 1 is 1.27 bits per heavy atom. The van der Waals surface area contributed by atoms with Crippen molar-refractivity contribution in [1.82, 2.24) is 15.2 Å². The number of halogens is 2. The summed E-state index contributed by atoms with van der Waals surface area (Å²) >= 11 is 12.1. The molecule has 22 heavy (non-hydrogen) atoms. The monoisotopic (exact) mass is 337 g/mol. The molecular weight excluding hydrogens is 321 g/mol. The van der Waals surface area contributed by atoms with Crippen LogP contribution in [0.25, 0.3) is 0 Å². The van der Waals surface area contributed by atoms with Gasteiger partial charge in [0.2, 0.25) is 0 Å². The Bertz CT molecular complexity index is 629. The average Bonchev–Trinajstić information content (AvgIpc) is 2.55. The van der Waals surface area contributed by atoms with Gasteiger partial charge in [0.15, 0.2) is 5.82 Å². The molecule has 0 saturated carbocycles. The van der Waals surface area contributed by atoms with Crippen LogP contribution in [-0.2, 0) is 0 Å². The van der Waals surface area contributed by atoms with Crippen LogP contribution in [0.3, 0.4) is 0 Å². The van der Waals surface area contributed by atoms with E-state index in [-0.39, 0.29) is 0 Å². The Labute approximate surface area is 139 Å². The van der Waals surface area contributed by atoms with Crippen molar-refractivity contribution in [3.8, 4) is 0 Å². The van der Waals surface area contributed by atoms with Gasteiger partial charge in [0.05, 0.1) is 10.0 Å². The van der Waals surface area contributed by atoms with E-state index in [0.29, 0.717) is 16.1 Å². The lowest BCUT2D eigenvalue weighted by Crippen LogP contribution is -2.44. The third kappa shape index (κ3) is 3.25. The van der Waals surface area contributed by atoms with Crippen molar-refractivity contribution >= 4 is 34.8 Å². The molecule has 0 aliphatic carbocycles. The number of nitrogens with zero attached hydrogens (tertiary/aromatic N) is 5. The van der Waals surface area contributed by atoms with E-state index in [1.807, 2.05) is 12.1 Å². The van der Waals surface area contributed by atoms with Gasteiger partial charge >= 0.3 is 0 Å². The molecule has 3 heterocycles. The lowest BCUT2D eigenvalue weighted by Gasteiger charge is -2.37. The van der Waals surface area contributed by atoms with E-state index in [2.05, 4.69) is 32.0 Å². The van der Waals surface area contributed by atoms with Gasteiger partial charge in [-0.15, -0.1) is 5.10 Å². The molecule has 1 saturated heterocycles. The molecule has 0 radical (unpaired) electrons. The van der Waals surface area contributed by atoms with Gasteiger partial charge in [0, 0.05) is 38.6 Å². The number of aromatic nitrogens is 3. The van der Waals surface area contributed by atoms with Crippen LogP contribution in [0, 0.1) is 0 Å². The van der Waals surface area contributed by atoms with Crippen molar-refractivity contribution in [3.63, 3.8) is 0 Å². The summed E-state index contributed by atoms with van der Waals surface area (Å²) < 4.78 is 0. The number of anilines is 2. The Morgan fingerprint density at radius 3 is 2.68 bits per heavy atom. The van der Waals surface area contributed by atoms with Gasteiger partial charge < -0.3 is 9.80 Å². The van der Waals surface area contributed by atoms with Crippen molar-refractivity contribution in [1.29, 1.82) is 0 Å². The van der Waals surface area contributed by atoms with E-state index in [0.717, 1.165) is 37.6 Å². The van der Waals surface area contributed by atoms with Crippen LogP contribution in [-0.4, -0.2) is 41.4 Å². The van der Waals surface area contributed by atoms with Crippen LogP contribution < -0.4 is 9.80 Å². The zero-order valence-corrected chi connectivity index (χ0v) is 13.8. The highest BCUT2D eigenvalue weighted by atomic mass is 35.5. The molecule has 5 nitrogen and oxygen atoms in total. The van der Waals surface area contributed by atoms with E-state index in [4.69, 9.17) is 23.2 Å². The minimum Gasteiger partial charge on any atom is -0.355 e. The number of pyridine rings is 1. The minimum absolute atomic E-state index is 0.444. The number of rotatable bonds is 3. The van der Waals surface area contributed by atoms with Gasteiger partial charge in [-0.3, -0.25) is 0 Å². The largest absolute Gasteiger partial charge is 0.355 e. The average molecular weight is 338 g/mol. The van der Waals surface area contributed by atoms with Crippen LogP contribution in [0.4, 0.5) is 11.6 Å². The molecule has 0 spiro atoms. The molecule has 7 heteroatoms. The summed E-state index contributed by atoms with van der Waals surface area (Å²) in [4.78, 5) is 8.76. The smallest absolute Gasteiger partial charge is 0.151 e. The number of hydrogen-bond acceptors (Lipinski definition) is 5. The van der Waals surface area contributed by atoms with Gasteiger partial charge in [0.25, 0.3) is 0 Å². The molecule has 2 aromatic rings. The fourth-order valence-corrected chi connectivity index (χ4v) is 3.27. The maximum absolute atomic E-state index is 6.24. The summed E-state index contributed by atoms with van der Waals surface area (Å²) in [5.41, 5.74) is 0. The minimum atomic E-state index is 0.444.